The van der Waals surface area contributed by atoms with Crippen LogP contribution in [0.3, 0.4) is 0 Å². The van der Waals surface area contributed by atoms with Gasteiger partial charge in [-0.3, -0.25) is 0 Å². The third kappa shape index (κ3) is 2.94. The number of H-pyrrole nitrogens is 1. The van der Waals surface area contributed by atoms with E-state index < -0.39 is 6.43 Å². The molecule has 1 fully saturated rings. The standard InChI is InChI=1S/C15H16F2N8/c1-9-22-10(13(16)17)6-11(23-9)24-2-4-25(5-3-24)15-12-14(19-7-18-12)20-8-21-15/h6-8,13H,2-5H2,1H3,(H,18,19,20,21). The Morgan fingerprint density at radius 2 is 1.80 bits per heavy atom. The van der Waals surface area contributed by atoms with Crippen molar-refractivity contribution in [3.05, 3.63) is 30.2 Å². The largest absolute Gasteiger partial charge is 0.353 e. The van der Waals surface area contributed by atoms with Gasteiger partial charge in [-0.15, -0.1) is 0 Å². The molecular formula is C15H16F2N8. The fourth-order valence-electron chi connectivity index (χ4n) is 2.99. The third-order valence-corrected chi connectivity index (χ3v) is 4.17. The molecule has 0 bridgehead atoms. The van der Waals surface area contributed by atoms with Crippen LogP contribution in [0.1, 0.15) is 17.9 Å². The van der Waals surface area contributed by atoms with Gasteiger partial charge in [-0.25, -0.2) is 33.7 Å². The molecule has 0 unspecified atom stereocenters. The van der Waals surface area contributed by atoms with Gasteiger partial charge in [0.1, 0.15) is 29.2 Å². The lowest BCUT2D eigenvalue weighted by molar-refractivity contribution is 0.145. The Hall–Kier alpha value is -2.91. The molecule has 0 spiro atoms. The molecular weight excluding hydrogens is 330 g/mol. The molecule has 0 saturated carbocycles. The Morgan fingerprint density at radius 3 is 2.56 bits per heavy atom. The fraction of sp³-hybridized carbons (Fsp3) is 0.400. The first-order valence-corrected chi connectivity index (χ1v) is 7.89. The van der Waals surface area contributed by atoms with Gasteiger partial charge in [0.05, 0.1) is 6.33 Å². The van der Waals surface area contributed by atoms with E-state index in [9.17, 15) is 8.78 Å². The third-order valence-electron chi connectivity index (χ3n) is 4.17. The van der Waals surface area contributed by atoms with Gasteiger partial charge in [0.25, 0.3) is 6.43 Å². The summed E-state index contributed by atoms with van der Waals surface area (Å²) in [7, 11) is 0. The van der Waals surface area contributed by atoms with E-state index in [1.54, 1.807) is 13.3 Å². The van der Waals surface area contributed by atoms with Crippen LogP contribution in [-0.2, 0) is 0 Å². The first-order chi connectivity index (χ1) is 12.1. The number of halogens is 2. The van der Waals surface area contributed by atoms with E-state index in [1.807, 2.05) is 4.90 Å². The summed E-state index contributed by atoms with van der Waals surface area (Å²) in [5.41, 5.74) is 1.19. The highest BCUT2D eigenvalue weighted by Gasteiger charge is 2.23. The topological polar surface area (TPSA) is 86.7 Å². The molecule has 3 aromatic rings. The monoisotopic (exact) mass is 346 g/mol. The summed E-state index contributed by atoms with van der Waals surface area (Å²) in [4.78, 5) is 27.9. The number of aromatic nitrogens is 6. The van der Waals surface area contributed by atoms with Crippen LogP contribution in [0.4, 0.5) is 20.4 Å². The van der Waals surface area contributed by atoms with Gasteiger partial charge in [0, 0.05) is 32.2 Å². The smallest absolute Gasteiger partial charge is 0.280 e. The first-order valence-electron chi connectivity index (χ1n) is 7.89. The molecule has 3 aromatic heterocycles. The minimum absolute atomic E-state index is 0.236. The Morgan fingerprint density at radius 1 is 1.04 bits per heavy atom. The molecule has 1 saturated heterocycles. The molecule has 25 heavy (non-hydrogen) atoms. The number of anilines is 2. The van der Waals surface area contributed by atoms with E-state index in [-0.39, 0.29) is 5.69 Å². The predicted molar refractivity (Wildman–Crippen MR) is 87.8 cm³/mol. The second-order valence-electron chi connectivity index (χ2n) is 5.77. The Balaban J connectivity index is 1.53. The van der Waals surface area contributed by atoms with Crippen molar-refractivity contribution in [1.82, 2.24) is 29.9 Å². The number of hydrogen-bond donors (Lipinski definition) is 1. The molecule has 0 atom stereocenters. The molecule has 10 heteroatoms. The summed E-state index contributed by atoms with van der Waals surface area (Å²) in [6, 6.07) is 1.37. The molecule has 8 nitrogen and oxygen atoms in total. The molecule has 0 aliphatic carbocycles. The van der Waals surface area contributed by atoms with Crippen molar-refractivity contribution in [2.75, 3.05) is 36.0 Å². The van der Waals surface area contributed by atoms with Crippen LogP contribution in [0.15, 0.2) is 18.7 Å². The number of aryl methyl sites for hydroxylation is 1. The van der Waals surface area contributed by atoms with Gasteiger partial charge < -0.3 is 14.8 Å². The number of imidazole rings is 1. The van der Waals surface area contributed by atoms with Crippen molar-refractivity contribution in [1.29, 1.82) is 0 Å². The zero-order chi connectivity index (χ0) is 17.4. The lowest BCUT2D eigenvalue weighted by Gasteiger charge is -2.36. The fourth-order valence-corrected chi connectivity index (χ4v) is 2.99. The van der Waals surface area contributed by atoms with E-state index in [0.29, 0.717) is 43.5 Å². The summed E-state index contributed by atoms with van der Waals surface area (Å²) in [6.45, 7) is 4.31. The van der Waals surface area contributed by atoms with Crippen molar-refractivity contribution in [3.63, 3.8) is 0 Å². The predicted octanol–water partition coefficient (Wildman–Crippen LogP) is 1.72. The van der Waals surface area contributed by atoms with E-state index in [1.165, 1.54) is 12.4 Å². The van der Waals surface area contributed by atoms with Crippen LogP contribution < -0.4 is 9.80 Å². The molecule has 4 heterocycles. The number of rotatable bonds is 3. The van der Waals surface area contributed by atoms with E-state index in [2.05, 4.69) is 34.8 Å². The second-order valence-corrected chi connectivity index (χ2v) is 5.77. The maximum Gasteiger partial charge on any atom is 0.280 e. The van der Waals surface area contributed by atoms with Crippen molar-refractivity contribution in [2.24, 2.45) is 0 Å². The van der Waals surface area contributed by atoms with Crippen LogP contribution in [0.25, 0.3) is 11.2 Å². The quantitative estimate of drug-likeness (QED) is 0.772. The Bertz CT molecular complexity index is 888. The van der Waals surface area contributed by atoms with Crippen LogP contribution in [0, 0.1) is 6.92 Å². The van der Waals surface area contributed by atoms with Gasteiger partial charge in [-0.05, 0) is 6.92 Å². The average Bonchev–Trinajstić information content (AvgIpc) is 3.10. The molecule has 1 aliphatic rings. The molecule has 0 radical (unpaired) electrons. The van der Waals surface area contributed by atoms with E-state index in [0.717, 1.165) is 11.3 Å². The normalized spacial score (nSPS) is 15.4. The van der Waals surface area contributed by atoms with Crippen molar-refractivity contribution >= 4 is 22.8 Å². The highest BCUT2D eigenvalue weighted by molar-refractivity contribution is 5.82. The molecule has 1 aliphatic heterocycles. The number of alkyl halides is 2. The summed E-state index contributed by atoms with van der Waals surface area (Å²) < 4.78 is 25.9. The maximum absolute atomic E-state index is 13.0. The van der Waals surface area contributed by atoms with Gasteiger partial charge in [0.15, 0.2) is 11.5 Å². The van der Waals surface area contributed by atoms with Crippen LogP contribution in [0.5, 0.6) is 0 Å². The highest BCUT2D eigenvalue weighted by atomic mass is 19.3. The summed E-state index contributed by atoms with van der Waals surface area (Å²) in [6.07, 6.45) is 0.485. The number of nitrogens with zero attached hydrogens (tertiary/aromatic N) is 7. The summed E-state index contributed by atoms with van der Waals surface area (Å²) in [5, 5.41) is 0. The van der Waals surface area contributed by atoms with Crippen LogP contribution >= 0.6 is 0 Å². The molecule has 1 N–H and O–H groups in total. The first kappa shape index (κ1) is 15.6. The second kappa shape index (κ2) is 6.19. The highest BCUT2D eigenvalue weighted by Crippen LogP contribution is 2.24. The minimum atomic E-state index is -2.60. The minimum Gasteiger partial charge on any atom is -0.353 e. The Labute approximate surface area is 142 Å². The van der Waals surface area contributed by atoms with Gasteiger partial charge in [-0.2, -0.15) is 0 Å². The number of piperazine rings is 1. The lowest BCUT2D eigenvalue weighted by Crippen LogP contribution is -2.47. The molecule has 4 rings (SSSR count). The summed E-state index contributed by atoms with van der Waals surface area (Å²) >= 11 is 0. The van der Waals surface area contributed by atoms with Crippen molar-refractivity contribution in [2.45, 2.75) is 13.3 Å². The van der Waals surface area contributed by atoms with Crippen molar-refractivity contribution in [3.8, 4) is 0 Å². The maximum atomic E-state index is 13.0. The van der Waals surface area contributed by atoms with Gasteiger partial charge in [0.2, 0.25) is 0 Å². The molecule has 0 amide bonds. The zero-order valence-corrected chi connectivity index (χ0v) is 13.5. The molecule has 130 valence electrons. The number of fused-ring (bicyclic) bond motifs is 1. The van der Waals surface area contributed by atoms with Gasteiger partial charge in [-0.1, -0.05) is 0 Å². The molecule has 0 aromatic carbocycles. The number of hydrogen-bond acceptors (Lipinski definition) is 7. The zero-order valence-electron chi connectivity index (χ0n) is 13.5. The van der Waals surface area contributed by atoms with E-state index in [4.69, 9.17) is 0 Å². The number of aromatic amines is 1. The van der Waals surface area contributed by atoms with Gasteiger partial charge >= 0.3 is 0 Å². The van der Waals surface area contributed by atoms with Crippen LogP contribution in [0.2, 0.25) is 0 Å². The SMILES string of the molecule is Cc1nc(C(F)F)cc(N2CCN(c3ncnc4nc[nH]c34)CC2)n1. The average molecular weight is 346 g/mol. The number of nitrogens with one attached hydrogen (secondary N) is 1. The summed E-state index contributed by atoms with van der Waals surface area (Å²) in [5.74, 6) is 1.69. The van der Waals surface area contributed by atoms with E-state index >= 15 is 0 Å². The van der Waals surface area contributed by atoms with Crippen molar-refractivity contribution < 1.29 is 8.78 Å². The Kier molecular flexibility index (Phi) is 3.86. The lowest BCUT2D eigenvalue weighted by atomic mass is 10.2. The van der Waals surface area contributed by atoms with Crippen LogP contribution in [-0.4, -0.2) is 56.1 Å².